The predicted molar refractivity (Wildman–Crippen MR) is 98.2 cm³/mol. The van der Waals surface area contributed by atoms with Crippen LogP contribution in [-0.4, -0.2) is 33.4 Å². The summed E-state index contributed by atoms with van der Waals surface area (Å²) < 4.78 is 0. The first kappa shape index (κ1) is 16.2. The molecule has 2 aromatic rings. The number of rotatable bonds is 4. The van der Waals surface area contributed by atoms with Crippen LogP contribution in [-0.2, 0) is 9.59 Å². The molecule has 5 nitrogen and oxygen atoms in total. The minimum Gasteiger partial charge on any atom is -0.298 e. The van der Waals surface area contributed by atoms with Crippen LogP contribution in [0.1, 0.15) is 4.88 Å². The third-order valence-corrected chi connectivity index (χ3v) is 4.71. The zero-order valence-electron chi connectivity index (χ0n) is 12.6. The molecule has 0 aromatic carbocycles. The molecule has 2 aromatic heterocycles. The van der Waals surface area contributed by atoms with Crippen molar-refractivity contribution in [3.63, 3.8) is 0 Å². The van der Waals surface area contributed by atoms with Crippen molar-refractivity contribution in [2.75, 3.05) is 6.54 Å². The Balaban J connectivity index is 1.91. The zero-order chi connectivity index (χ0) is 17.1. The van der Waals surface area contributed by atoms with Gasteiger partial charge in [-0.2, -0.15) is 0 Å². The lowest BCUT2D eigenvalue weighted by Gasteiger charge is -2.27. The Morgan fingerprint density at radius 3 is 2.83 bits per heavy atom. The van der Waals surface area contributed by atoms with Crippen LogP contribution < -0.4 is 5.32 Å². The van der Waals surface area contributed by atoms with Crippen molar-refractivity contribution in [2.45, 2.75) is 0 Å². The number of carbonyl (C=O) groups is 2. The molecule has 0 atom stereocenters. The second-order valence-electron chi connectivity index (χ2n) is 4.94. The second-order valence-corrected chi connectivity index (χ2v) is 6.44. The zero-order valence-corrected chi connectivity index (χ0v) is 14.2. The molecule has 7 heteroatoms. The summed E-state index contributed by atoms with van der Waals surface area (Å²) in [4.78, 5) is 31.9. The molecule has 0 bridgehead atoms. The maximum atomic E-state index is 12.5. The highest BCUT2D eigenvalue weighted by atomic mass is 32.1. The first-order valence-electron chi connectivity index (χ1n) is 7.11. The average molecular weight is 355 g/mol. The topological polar surface area (TPSA) is 62.3 Å². The van der Waals surface area contributed by atoms with Crippen LogP contribution in [0.2, 0.25) is 0 Å². The van der Waals surface area contributed by atoms with E-state index in [-0.39, 0.29) is 17.2 Å². The van der Waals surface area contributed by atoms with Crippen molar-refractivity contribution >= 4 is 46.6 Å². The van der Waals surface area contributed by atoms with Gasteiger partial charge in [0.15, 0.2) is 5.11 Å². The second kappa shape index (κ2) is 6.86. The molecule has 0 radical (unpaired) electrons. The van der Waals surface area contributed by atoms with Crippen molar-refractivity contribution in [1.29, 1.82) is 0 Å². The van der Waals surface area contributed by atoms with Crippen LogP contribution in [0.25, 0.3) is 16.6 Å². The lowest BCUT2D eigenvalue weighted by atomic mass is 10.1. The molecule has 1 aliphatic rings. The fourth-order valence-corrected chi connectivity index (χ4v) is 3.39. The number of amides is 2. The quantitative estimate of drug-likeness (QED) is 0.396. The molecular formula is C17H13N3O2S2. The number of nitrogens with one attached hydrogen (secondary N) is 1. The standard InChI is InChI=1S/C17H13N3O2S2/c1-2-9-20-16(22)12(15(21)19-17(20)23)10-11-6-7-14(24-11)13-5-3-4-8-18-13/h2-8,10H,1,9H2,(H,19,21,23)/b12-10+. The van der Waals surface area contributed by atoms with Crippen LogP contribution in [0, 0.1) is 0 Å². The predicted octanol–water partition coefficient (Wildman–Crippen LogP) is 2.62. The number of hydrogen-bond acceptors (Lipinski definition) is 5. The summed E-state index contributed by atoms with van der Waals surface area (Å²) in [5.41, 5.74) is 0.904. The van der Waals surface area contributed by atoms with Crippen molar-refractivity contribution < 1.29 is 9.59 Å². The molecule has 1 aliphatic heterocycles. The molecular weight excluding hydrogens is 342 g/mol. The Morgan fingerprint density at radius 1 is 1.29 bits per heavy atom. The van der Waals surface area contributed by atoms with E-state index in [4.69, 9.17) is 12.2 Å². The van der Waals surface area contributed by atoms with E-state index in [9.17, 15) is 9.59 Å². The van der Waals surface area contributed by atoms with Crippen molar-refractivity contribution in [3.05, 3.63) is 59.6 Å². The highest BCUT2D eigenvalue weighted by Gasteiger charge is 2.32. The largest absolute Gasteiger partial charge is 0.298 e. The van der Waals surface area contributed by atoms with Gasteiger partial charge >= 0.3 is 0 Å². The monoisotopic (exact) mass is 355 g/mol. The third-order valence-electron chi connectivity index (χ3n) is 3.33. The summed E-state index contributed by atoms with van der Waals surface area (Å²) in [7, 11) is 0. The first-order valence-corrected chi connectivity index (χ1v) is 8.33. The normalized spacial score (nSPS) is 16.4. The number of aromatic nitrogens is 1. The summed E-state index contributed by atoms with van der Waals surface area (Å²) in [5.74, 6) is -0.908. The fraction of sp³-hybridized carbons (Fsp3) is 0.0588. The number of pyridine rings is 1. The smallest absolute Gasteiger partial charge is 0.265 e. The minimum atomic E-state index is -0.488. The van der Waals surface area contributed by atoms with E-state index >= 15 is 0 Å². The Kier molecular flexibility index (Phi) is 4.64. The van der Waals surface area contributed by atoms with Crippen LogP contribution in [0.15, 0.2) is 54.8 Å². The summed E-state index contributed by atoms with van der Waals surface area (Å²) in [6, 6.07) is 9.43. The van der Waals surface area contributed by atoms with E-state index in [0.29, 0.717) is 0 Å². The van der Waals surface area contributed by atoms with Gasteiger partial charge in [-0.05, 0) is 42.6 Å². The summed E-state index contributed by atoms with van der Waals surface area (Å²) in [6.07, 6.45) is 4.86. The third kappa shape index (κ3) is 3.17. The van der Waals surface area contributed by atoms with Gasteiger partial charge in [-0.15, -0.1) is 17.9 Å². The van der Waals surface area contributed by atoms with Gasteiger partial charge in [-0.1, -0.05) is 12.1 Å². The first-order chi connectivity index (χ1) is 11.6. The molecule has 0 spiro atoms. The molecule has 120 valence electrons. The van der Waals surface area contributed by atoms with Crippen LogP contribution >= 0.6 is 23.6 Å². The van der Waals surface area contributed by atoms with Gasteiger partial charge in [-0.3, -0.25) is 24.8 Å². The molecule has 1 fully saturated rings. The minimum absolute atomic E-state index is 0.0554. The Hall–Kier alpha value is -2.64. The van der Waals surface area contributed by atoms with E-state index in [1.54, 1.807) is 18.3 Å². The maximum Gasteiger partial charge on any atom is 0.265 e. The lowest BCUT2D eigenvalue weighted by Crippen LogP contribution is -2.53. The molecule has 1 saturated heterocycles. The number of nitrogens with zero attached hydrogens (tertiary/aromatic N) is 2. The fourth-order valence-electron chi connectivity index (χ4n) is 2.21. The van der Waals surface area contributed by atoms with Gasteiger partial charge in [0.1, 0.15) is 5.57 Å². The SMILES string of the molecule is C=CCN1C(=O)/C(=C/c2ccc(-c3ccccn3)s2)C(=O)NC1=S. The number of thiocarbonyl (C=S) groups is 1. The van der Waals surface area contributed by atoms with E-state index in [2.05, 4.69) is 16.9 Å². The van der Waals surface area contributed by atoms with Gasteiger partial charge in [0.05, 0.1) is 10.6 Å². The van der Waals surface area contributed by atoms with Gasteiger partial charge in [0.2, 0.25) is 0 Å². The molecule has 0 aliphatic carbocycles. The van der Waals surface area contributed by atoms with Crippen molar-refractivity contribution in [2.24, 2.45) is 0 Å². The highest BCUT2D eigenvalue weighted by molar-refractivity contribution is 7.80. The van der Waals surface area contributed by atoms with E-state index < -0.39 is 11.8 Å². The molecule has 1 N–H and O–H groups in total. The number of carbonyl (C=O) groups excluding carboxylic acids is 2. The number of thiophene rings is 1. The molecule has 3 heterocycles. The molecule has 0 unspecified atom stereocenters. The molecule has 3 rings (SSSR count). The molecule has 0 saturated carbocycles. The van der Waals surface area contributed by atoms with E-state index in [1.807, 2.05) is 30.3 Å². The van der Waals surface area contributed by atoms with E-state index in [0.717, 1.165) is 15.4 Å². The molecule has 2 amide bonds. The highest BCUT2D eigenvalue weighted by Crippen LogP contribution is 2.28. The van der Waals surface area contributed by atoms with Gasteiger partial charge in [0.25, 0.3) is 11.8 Å². The van der Waals surface area contributed by atoms with Crippen LogP contribution in [0.4, 0.5) is 0 Å². The van der Waals surface area contributed by atoms with Crippen LogP contribution in [0.3, 0.4) is 0 Å². The van der Waals surface area contributed by atoms with Gasteiger partial charge in [-0.25, -0.2) is 0 Å². The summed E-state index contributed by atoms with van der Waals surface area (Å²) in [6.45, 7) is 3.85. The van der Waals surface area contributed by atoms with Gasteiger partial charge < -0.3 is 0 Å². The van der Waals surface area contributed by atoms with Crippen LogP contribution in [0.5, 0.6) is 0 Å². The van der Waals surface area contributed by atoms with Crippen molar-refractivity contribution in [1.82, 2.24) is 15.2 Å². The number of hydrogen-bond donors (Lipinski definition) is 1. The Bertz CT molecular complexity index is 856. The average Bonchev–Trinajstić information content (AvgIpc) is 3.05. The summed E-state index contributed by atoms with van der Waals surface area (Å²) >= 11 is 6.48. The Labute approximate surface area is 148 Å². The molecule has 24 heavy (non-hydrogen) atoms. The lowest BCUT2D eigenvalue weighted by molar-refractivity contribution is -0.128. The van der Waals surface area contributed by atoms with E-state index in [1.165, 1.54) is 16.2 Å². The summed E-state index contributed by atoms with van der Waals surface area (Å²) in [5, 5.41) is 2.63. The maximum absolute atomic E-state index is 12.5. The van der Waals surface area contributed by atoms with Gasteiger partial charge in [0, 0.05) is 17.6 Å². The Morgan fingerprint density at radius 2 is 2.12 bits per heavy atom. The van der Waals surface area contributed by atoms with Crippen molar-refractivity contribution in [3.8, 4) is 10.6 Å².